The topological polar surface area (TPSA) is 46.0 Å². The summed E-state index contributed by atoms with van der Waals surface area (Å²) in [4.78, 5) is 0. The largest absolute Gasteiger partial charge is 0.397 e. The van der Waals surface area contributed by atoms with Gasteiger partial charge in [0.25, 0.3) is 0 Å². The maximum absolute atomic E-state index is 7.57. The Bertz CT molecular complexity index is 80.9. The number of aliphatic hydroxyl groups is 1. The molecule has 1 rings (SSSR count). The van der Waals surface area contributed by atoms with Crippen LogP contribution in [0.2, 0.25) is 0 Å². The Morgan fingerprint density at radius 2 is 2.38 bits per heavy atom. The number of aromatic nitrogens is 2. The third kappa shape index (κ3) is 5.52. The molecular weight excluding hydrogens is 124 g/mol. The van der Waals surface area contributed by atoms with Crippen LogP contribution in [-0.2, 0) is 0 Å². The molecule has 0 amide bonds. The molecule has 0 atom stereocenters. The van der Waals surface area contributed by atoms with Crippen molar-refractivity contribution in [3.8, 4) is 0 Å². The Labute approximate surface area is 52.2 Å². The van der Waals surface area contributed by atoms with Crippen LogP contribution in [0.5, 0.6) is 0 Å². The van der Waals surface area contributed by atoms with E-state index in [0.29, 0.717) is 0 Å². The summed E-state index contributed by atoms with van der Waals surface area (Å²) in [6, 6.07) is 0. The molecule has 8 heavy (non-hydrogen) atoms. The molecule has 1 N–H and O–H groups in total. The summed E-state index contributed by atoms with van der Waals surface area (Å²) < 4.78 is 3.51. The van der Waals surface area contributed by atoms with Crippen LogP contribution in [0.1, 0.15) is 6.92 Å². The lowest BCUT2D eigenvalue weighted by Gasteiger charge is -1.52. The van der Waals surface area contributed by atoms with E-state index in [4.69, 9.17) is 5.11 Å². The third-order valence-electron chi connectivity index (χ3n) is 0.283. The SMILES string of the molecule is CCO.c1csnn1. The van der Waals surface area contributed by atoms with E-state index in [1.807, 2.05) is 5.38 Å². The molecule has 1 aromatic heterocycles. The number of hydrogen-bond donors (Lipinski definition) is 1. The van der Waals surface area contributed by atoms with Crippen molar-refractivity contribution in [3.63, 3.8) is 0 Å². The molecule has 0 fully saturated rings. The molecule has 1 heterocycles. The van der Waals surface area contributed by atoms with Crippen molar-refractivity contribution in [1.82, 2.24) is 9.59 Å². The summed E-state index contributed by atoms with van der Waals surface area (Å²) in [7, 11) is 0. The number of hydrogen-bond acceptors (Lipinski definition) is 4. The van der Waals surface area contributed by atoms with Gasteiger partial charge in [-0.05, 0) is 18.5 Å². The van der Waals surface area contributed by atoms with E-state index in [9.17, 15) is 0 Å². The molecule has 0 spiro atoms. The summed E-state index contributed by atoms with van der Waals surface area (Å²) in [5.74, 6) is 0. The Morgan fingerprint density at radius 3 is 2.50 bits per heavy atom. The van der Waals surface area contributed by atoms with Gasteiger partial charge >= 0.3 is 0 Å². The minimum Gasteiger partial charge on any atom is -0.397 e. The molecule has 4 heteroatoms. The fourth-order valence-corrected chi connectivity index (χ4v) is 0.408. The second-order valence-corrected chi connectivity index (χ2v) is 1.55. The maximum atomic E-state index is 7.57. The van der Waals surface area contributed by atoms with Crippen LogP contribution in [-0.4, -0.2) is 21.3 Å². The van der Waals surface area contributed by atoms with Crippen LogP contribution >= 0.6 is 11.5 Å². The third-order valence-corrected chi connectivity index (χ3v) is 0.715. The van der Waals surface area contributed by atoms with Crippen molar-refractivity contribution in [2.45, 2.75) is 6.92 Å². The molecule has 46 valence electrons. The van der Waals surface area contributed by atoms with Crippen molar-refractivity contribution < 1.29 is 5.11 Å². The van der Waals surface area contributed by atoms with Gasteiger partial charge in [0.05, 0.1) is 6.20 Å². The van der Waals surface area contributed by atoms with Gasteiger partial charge < -0.3 is 5.11 Å². The lowest BCUT2D eigenvalue weighted by Crippen LogP contribution is -1.57. The minimum atomic E-state index is 0.250. The van der Waals surface area contributed by atoms with Crippen LogP contribution in [0.15, 0.2) is 11.6 Å². The van der Waals surface area contributed by atoms with Gasteiger partial charge in [-0.25, -0.2) is 0 Å². The summed E-state index contributed by atoms with van der Waals surface area (Å²) in [5.41, 5.74) is 0. The summed E-state index contributed by atoms with van der Waals surface area (Å²) in [5, 5.41) is 12.9. The molecular formula is C4H8N2OS. The molecule has 0 unspecified atom stereocenters. The standard InChI is InChI=1S/C2H2N2S.C2H6O/c1-2-5-4-3-1;1-2-3/h1-2H;3H,2H2,1H3. The van der Waals surface area contributed by atoms with Crippen LogP contribution in [0.3, 0.4) is 0 Å². The Morgan fingerprint density at radius 1 is 1.75 bits per heavy atom. The second kappa shape index (κ2) is 6.52. The zero-order chi connectivity index (χ0) is 6.24. The van der Waals surface area contributed by atoms with Crippen molar-refractivity contribution in [3.05, 3.63) is 11.6 Å². The molecule has 0 saturated carbocycles. The first kappa shape index (κ1) is 7.52. The lowest BCUT2D eigenvalue weighted by atomic mass is 10.9. The van der Waals surface area contributed by atoms with Crippen molar-refractivity contribution in [2.24, 2.45) is 0 Å². The number of rotatable bonds is 0. The quantitative estimate of drug-likeness (QED) is 0.560. The van der Waals surface area contributed by atoms with Gasteiger partial charge in [0, 0.05) is 12.0 Å². The van der Waals surface area contributed by atoms with E-state index in [-0.39, 0.29) is 6.61 Å². The van der Waals surface area contributed by atoms with Gasteiger partial charge in [0.15, 0.2) is 0 Å². The van der Waals surface area contributed by atoms with Crippen LogP contribution in [0.4, 0.5) is 0 Å². The average Bonchev–Trinajstić information content (AvgIpc) is 2.17. The molecule has 3 nitrogen and oxygen atoms in total. The van der Waals surface area contributed by atoms with E-state index in [0.717, 1.165) is 0 Å². The first-order chi connectivity index (χ1) is 3.91. The number of aliphatic hydroxyl groups excluding tert-OH is 1. The Balaban J connectivity index is 0.000000145. The molecule has 0 aliphatic carbocycles. The van der Waals surface area contributed by atoms with Crippen LogP contribution < -0.4 is 0 Å². The normalized spacial score (nSPS) is 7.25. The fourth-order valence-electron chi connectivity index (χ4n) is 0.136. The van der Waals surface area contributed by atoms with E-state index in [1.165, 1.54) is 11.5 Å². The zero-order valence-corrected chi connectivity index (χ0v) is 5.43. The van der Waals surface area contributed by atoms with E-state index >= 15 is 0 Å². The zero-order valence-electron chi connectivity index (χ0n) is 4.61. The van der Waals surface area contributed by atoms with Crippen molar-refractivity contribution >= 4 is 11.5 Å². The highest BCUT2D eigenvalue weighted by atomic mass is 32.1. The number of nitrogens with zero attached hydrogens (tertiary/aromatic N) is 2. The highest BCUT2D eigenvalue weighted by Crippen LogP contribution is 1.78. The highest BCUT2D eigenvalue weighted by Gasteiger charge is 1.61. The Hall–Kier alpha value is -0.480. The van der Waals surface area contributed by atoms with Crippen LogP contribution in [0, 0.1) is 0 Å². The molecule has 1 aromatic rings. The maximum Gasteiger partial charge on any atom is 0.0620 e. The smallest absolute Gasteiger partial charge is 0.0620 e. The highest BCUT2D eigenvalue weighted by molar-refractivity contribution is 7.03. The van der Waals surface area contributed by atoms with Gasteiger partial charge in [0.2, 0.25) is 0 Å². The van der Waals surface area contributed by atoms with Gasteiger partial charge in [-0.1, -0.05) is 4.49 Å². The van der Waals surface area contributed by atoms with Gasteiger partial charge in [0.1, 0.15) is 0 Å². The molecule has 0 aliphatic heterocycles. The van der Waals surface area contributed by atoms with Crippen molar-refractivity contribution in [1.29, 1.82) is 0 Å². The van der Waals surface area contributed by atoms with Gasteiger partial charge in [-0.2, -0.15) is 0 Å². The van der Waals surface area contributed by atoms with E-state index in [2.05, 4.69) is 9.59 Å². The second-order valence-electron chi connectivity index (χ2n) is 0.904. The first-order valence-electron chi connectivity index (χ1n) is 2.23. The monoisotopic (exact) mass is 132 g/mol. The summed E-state index contributed by atoms with van der Waals surface area (Å²) >= 11 is 1.35. The predicted molar refractivity (Wildman–Crippen MR) is 32.7 cm³/mol. The molecule has 0 bridgehead atoms. The fraction of sp³-hybridized carbons (Fsp3) is 0.500. The first-order valence-corrected chi connectivity index (χ1v) is 3.07. The van der Waals surface area contributed by atoms with Crippen LogP contribution in [0.25, 0.3) is 0 Å². The summed E-state index contributed by atoms with van der Waals surface area (Å²) in [6.07, 6.45) is 1.66. The molecule has 0 radical (unpaired) electrons. The molecule has 0 aliphatic rings. The lowest BCUT2D eigenvalue weighted by molar-refractivity contribution is 0.318. The molecule has 0 aromatic carbocycles. The van der Waals surface area contributed by atoms with E-state index in [1.54, 1.807) is 13.1 Å². The van der Waals surface area contributed by atoms with Gasteiger partial charge in [-0.15, -0.1) is 5.10 Å². The summed E-state index contributed by atoms with van der Waals surface area (Å²) in [6.45, 7) is 1.93. The predicted octanol–water partition coefficient (Wildman–Crippen LogP) is 0.537. The Kier molecular flexibility index (Phi) is 6.13. The van der Waals surface area contributed by atoms with Gasteiger partial charge in [-0.3, -0.25) is 0 Å². The van der Waals surface area contributed by atoms with E-state index < -0.39 is 0 Å². The minimum absolute atomic E-state index is 0.250. The average molecular weight is 132 g/mol. The van der Waals surface area contributed by atoms with Crippen molar-refractivity contribution in [2.75, 3.05) is 6.61 Å². The molecule has 0 saturated heterocycles.